The smallest absolute Gasteiger partial charge is 0.128 e. The fraction of sp³-hybridized carbons (Fsp3) is 0.571. The van der Waals surface area contributed by atoms with Crippen LogP contribution >= 0.6 is 15.9 Å². The van der Waals surface area contributed by atoms with Gasteiger partial charge in [-0.1, -0.05) is 28.9 Å². The van der Waals surface area contributed by atoms with Crippen LogP contribution in [0.1, 0.15) is 20.3 Å². The number of ether oxygens (including phenoxy) is 2. The van der Waals surface area contributed by atoms with Crippen molar-refractivity contribution < 1.29 is 9.47 Å². The lowest BCUT2D eigenvalue weighted by atomic mass is 9.85. The van der Waals surface area contributed by atoms with Gasteiger partial charge in [0.05, 0.1) is 0 Å². The Morgan fingerprint density at radius 2 is 2.22 bits per heavy atom. The molecular weight excluding hydrogens is 294 g/mol. The quantitative estimate of drug-likeness (QED) is 0.876. The summed E-state index contributed by atoms with van der Waals surface area (Å²) in [5.74, 6) is 0.897. The third-order valence-corrected chi connectivity index (χ3v) is 3.65. The highest BCUT2D eigenvalue weighted by molar-refractivity contribution is 9.10. The SMILES string of the molecule is CCNC1CC(Oc2cccc(Br)c2)C1OCC. The van der Waals surface area contributed by atoms with E-state index in [1.54, 1.807) is 0 Å². The molecule has 0 aromatic heterocycles. The zero-order valence-electron chi connectivity index (χ0n) is 10.9. The minimum absolute atomic E-state index is 0.156. The molecular formula is C14H20BrNO2. The lowest BCUT2D eigenvalue weighted by molar-refractivity contribution is -0.104. The van der Waals surface area contributed by atoms with Gasteiger partial charge in [0.25, 0.3) is 0 Å². The van der Waals surface area contributed by atoms with Crippen LogP contribution in [0, 0.1) is 0 Å². The van der Waals surface area contributed by atoms with Crippen LogP contribution in [0.3, 0.4) is 0 Å². The Kier molecular flexibility index (Phi) is 5.03. The summed E-state index contributed by atoms with van der Waals surface area (Å²) < 4.78 is 12.8. The van der Waals surface area contributed by atoms with Crippen LogP contribution in [0.5, 0.6) is 5.75 Å². The number of nitrogens with one attached hydrogen (secondary N) is 1. The maximum absolute atomic E-state index is 5.98. The van der Waals surface area contributed by atoms with Gasteiger partial charge in [-0.25, -0.2) is 0 Å². The van der Waals surface area contributed by atoms with E-state index in [-0.39, 0.29) is 12.2 Å². The van der Waals surface area contributed by atoms with Gasteiger partial charge >= 0.3 is 0 Å². The largest absolute Gasteiger partial charge is 0.488 e. The molecule has 0 spiro atoms. The van der Waals surface area contributed by atoms with Crippen molar-refractivity contribution in [2.24, 2.45) is 0 Å². The Labute approximate surface area is 117 Å². The molecule has 1 saturated carbocycles. The number of likely N-dealkylation sites (N-methyl/N-ethyl adjacent to an activating group) is 1. The monoisotopic (exact) mass is 313 g/mol. The number of hydrogen-bond donors (Lipinski definition) is 1. The molecule has 18 heavy (non-hydrogen) atoms. The zero-order valence-corrected chi connectivity index (χ0v) is 12.4. The third kappa shape index (κ3) is 3.25. The predicted octanol–water partition coefficient (Wildman–Crippen LogP) is 2.98. The molecule has 3 unspecified atom stereocenters. The van der Waals surface area contributed by atoms with Crippen molar-refractivity contribution in [1.29, 1.82) is 0 Å². The Balaban J connectivity index is 1.93. The van der Waals surface area contributed by atoms with Crippen molar-refractivity contribution in [3.63, 3.8) is 0 Å². The molecule has 0 saturated heterocycles. The van der Waals surface area contributed by atoms with Gasteiger partial charge in [0.1, 0.15) is 18.0 Å². The fourth-order valence-electron chi connectivity index (χ4n) is 2.29. The zero-order chi connectivity index (χ0) is 13.0. The molecule has 0 aliphatic heterocycles. The number of rotatable bonds is 6. The van der Waals surface area contributed by atoms with Crippen LogP contribution in [0.4, 0.5) is 0 Å². The molecule has 1 aliphatic carbocycles. The molecule has 100 valence electrons. The highest BCUT2D eigenvalue weighted by Gasteiger charge is 2.43. The summed E-state index contributed by atoms with van der Waals surface area (Å²) in [6.45, 7) is 5.84. The third-order valence-electron chi connectivity index (χ3n) is 3.16. The Morgan fingerprint density at radius 3 is 2.89 bits per heavy atom. The van der Waals surface area contributed by atoms with Gasteiger partial charge < -0.3 is 14.8 Å². The van der Waals surface area contributed by atoms with E-state index in [1.807, 2.05) is 31.2 Å². The summed E-state index contributed by atoms with van der Waals surface area (Å²) in [5.41, 5.74) is 0. The summed E-state index contributed by atoms with van der Waals surface area (Å²) in [6, 6.07) is 8.37. The molecule has 1 aromatic rings. The minimum Gasteiger partial charge on any atom is -0.488 e. The normalized spacial score (nSPS) is 26.7. The molecule has 0 bridgehead atoms. The molecule has 3 nitrogen and oxygen atoms in total. The van der Waals surface area contributed by atoms with Crippen molar-refractivity contribution in [3.05, 3.63) is 28.7 Å². The molecule has 1 aliphatic rings. The van der Waals surface area contributed by atoms with Gasteiger partial charge in [-0.15, -0.1) is 0 Å². The van der Waals surface area contributed by atoms with Crippen LogP contribution < -0.4 is 10.1 Å². The fourth-order valence-corrected chi connectivity index (χ4v) is 2.67. The van der Waals surface area contributed by atoms with Gasteiger partial charge in [-0.05, 0) is 31.7 Å². The summed E-state index contributed by atoms with van der Waals surface area (Å²) in [5, 5.41) is 3.43. The second kappa shape index (κ2) is 6.55. The van der Waals surface area contributed by atoms with E-state index >= 15 is 0 Å². The number of hydrogen-bond acceptors (Lipinski definition) is 3. The van der Waals surface area contributed by atoms with Gasteiger partial charge in [0.2, 0.25) is 0 Å². The molecule has 0 amide bonds. The van der Waals surface area contributed by atoms with E-state index in [0.717, 1.165) is 29.8 Å². The number of benzene rings is 1. The highest BCUT2D eigenvalue weighted by Crippen LogP contribution is 2.30. The maximum atomic E-state index is 5.98. The van der Waals surface area contributed by atoms with Crippen LogP contribution in [0.15, 0.2) is 28.7 Å². The lowest BCUT2D eigenvalue weighted by Gasteiger charge is -2.44. The van der Waals surface area contributed by atoms with E-state index in [4.69, 9.17) is 9.47 Å². The van der Waals surface area contributed by atoms with Gasteiger partial charge in [0.15, 0.2) is 0 Å². The van der Waals surface area contributed by atoms with Gasteiger partial charge in [-0.2, -0.15) is 0 Å². The van der Waals surface area contributed by atoms with Crippen molar-refractivity contribution in [3.8, 4) is 5.75 Å². The molecule has 1 fully saturated rings. The summed E-state index contributed by atoms with van der Waals surface area (Å²) in [7, 11) is 0. The Hall–Kier alpha value is -0.580. The van der Waals surface area contributed by atoms with E-state index < -0.39 is 0 Å². The van der Waals surface area contributed by atoms with Crippen molar-refractivity contribution in [1.82, 2.24) is 5.32 Å². The predicted molar refractivity (Wildman–Crippen MR) is 76.1 cm³/mol. The van der Waals surface area contributed by atoms with Crippen molar-refractivity contribution >= 4 is 15.9 Å². The first kappa shape index (κ1) is 13.8. The Bertz CT molecular complexity index is 386. The topological polar surface area (TPSA) is 30.5 Å². The highest BCUT2D eigenvalue weighted by atomic mass is 79.9. The first-order valence-corrected chi connectivity index (χ1v) is 7.31. The average Bonchev–Trinajstić information content (AvgIpc) is 2.35. The molecule has 3 atom stereocenters. The molecule has 1 N–H and O–H groups in total. The summed E-state index contributed by atoms with van der Waals surface area (Å²) in [6.07, 6.45) is 1.32. The van der Waals surface area contributed by atoms with Crippen LogP contribution in [-0.4, -0.2) is 31.4 Å². The molecule has 0 heterocycles. The van der Waals surface area contributed by atoms with E-state index in [9.17, 15) is 0 Å². The van der Waals surface area contributed by atoms with Gasteiger partial charge in [0, 0.05) is 23.5 Å². The average molecular weight is 314 g/mol. The van der Waals surface area contributed by atoms with Gasteiger partial charge in [-0.3, -0.25) is 0 Å². The van der Waals surface area contributed by atoms with E-state index in [2.05, 4.69) is 28.2 Å². The Morgan fingerprint density at radius 1 is 1.39 bits per heavy atom. The number of halogens is 1. The second-order valence-corrected chi connectivity index (χ2v) is 5.35. The first-order chi connectivity index (χ1) is 8.74. The van der Waals surface area contributed by atoms with E-state index in [1.165, 1.54) is 0 Å². The molecule has 4 heteroatoms. The lowest BCUT2D eigenvalue weighted by Crippen LogP contribution is -2.61. The van der Waals surface area contributed by atoms with Crippen LogP contribution in [0.2, 0.25) is 0 Å². The summed E-state index contributed by atoms with van der Waals surface area (Å²) >= 11 is 3.45. The van der Waals surface area contributed by atoms with Crippen molar-refractivity contribution in [2.75, 3.05) is 13.2 Å². The molecule has 0 radical (unpaired) electrons. The second-order valence-electron chi connectivity index (χ2n) is 4.43. The van der Waals surface area contributed by atoms with Crippen LogP contribution in [-0.2, 0) is 4.74 Å². The van der Waals surface area contributed by atoms with Crippen LogP contribution in [0.25, 0.3) is 0 Å². The minimum atomic E-state index is 0.156. The van der Waals surface area contributed by atoms with Crippen molar-refractivity contribution in [2.45, 2.75) is 38.5 Å². The standard InChI is InChI=1S/C14H20BrNO2/c1-3-16-12-9-13(14(12)17-4-2)18-11-7-5-6-10(15)8-11/h5-8,12-14,16H,3-4,9H2,1-2H3. The summed E-state index contributed by atoms with van der Waals surface area (Å²) in [4.78, 5) is 0. The first-order valence-electron chi connectivity index (χ1n) is 6.51. The van der Waals surface area contributed by atoms with E-state index in [0.29, 0.717) is 6.04 Å². The maximum Gasteiger partial charge on any atom is 0.128 e. The molecule has 1 aromatic carbocycles. The molecule has 2 rings (SSSR count).